The molecule has 0 fully saturated rings. The van der Waals surface area contributed by atoms with Gasteiger partial charge in [-0.25, -0.2) is 4.79 Å². The van der Waals surface area contributed by atoms with Crippen LogP contribution in [0.3, 0.4) is 0 Å². The molecule has 0 aliphatic rings. The molecule has 0 saturated heterocycles. The second-order valence-electron chi connectivity index (χ2n) is 4.05. The quantitative estimate of drug-likeness (QED) is 0.752. The predicted molar refractivity (Wildman–Crippen MR) is 76.7 cm³/mol. The highest BCUT2D eigenvalue weighted by molar-refractivity contribution is 6.39. The molecule has 2 nitrogen and oxygen atoms in total. The van der Waals surface area contributed by atoms with Crippen LogP contribution >= 0.6 is 23.2 Å². The van der Waals surface area contributed by atoms with Gasteiger partial charge in [0, 0.05) is 0 Å². The van der Waals surface area contributed by atoms with Crippen LogP contribution in [0, 0.1) is 0 Å². The molecule has 1 atom stereocenters. The van der Waals surface area contributed by atoms with Crippen molar-refractivity contribution in [3.05, 3.63) is 69.7 Å². The predicted octanol–water partition coefficient (Wildman–Crippen LogP) is 4.91. The Morgan fingerprint density at radius 1 is 1.00 bits per heavy atom. The molecule has 2 aromatic carbocycles. The number of esters is 1. The topological polar surface area (TPSA) is 26.3 Å². The lowest BCUT2D eigenvalue weighted by Gasteiger charge is -2.14. The molecule has 0 N–H and O–H groups in total. The van der Waals surface area contributed by atoms with Crippen molar-refractivity contribution < 1.29 is 9.53 Å². The monoisotopic (exact) mass is 294 g/mol. The van der Waals surface area contributed by atoms with Crippen LogP contribution < -0.4 is 0 Å². The largest absolute Gasteiger partial charge is 0.454 e. The molecule has 0 radical (unpaired) electrons. The SMILES string of the molecule is CC(OC(=O)c1c(Cl)cccc1Cl)c1ccccc1. The summed E-state index contributed by atoms with van der Waals surface area (Å²) in [5, 5.41) is 0.579. The second-order valence-corrected chi connectivity index (χ2v) is 4.87. The number of hydrogen-bond donors (Lipinski definition) is 0. The minimum Gasteiger partial charge on any atom is -0.454 e. The summed E-state index contributed by atoms with van der Waals surface area (Å²) in [7, 11) is 0. The van der Waals surface area contributed by atoms with E-state index >= 15 is 0 Å². The Balaban J connectivity index is 2.18. The van der Waals surface area contributed by atoms with E-state index < -0.39 is 5.97 Å². The summed E-state index contributed by atoms with van der Waals surface area (Å²) in [5.74, 6) is -0.521. The summed E-state index contributed by atoms with van der Waals surface area (Å²) in [6.07, 6.45) is -0.360. The molecule has 0 heterocycles. The Hall–Kier alpha value is -1.51. The summed E-state index contributed by atoms with van der Waals surface area (Å²) in [5.41, 5.74) is 1.12. The molecular weight excluding hydrogens is 283 g/mol. The summed E-state index contributed by atoms with van der Waals surface area (Å²) >= 11 is 11.9. The Morgan fingerprint density at radius 3 is 2.16 bits per heavy atom. The Morgan fingerprint density at radius 2 is 1.58 bits per heavy atom. The van der Waals surface area contributed by atoms with Crippen molar-refractivity contribution in [1.82, 2.24) is 0 Å². The molecule has 1 unspecified atom stereocenters. The van der Waals surface area contributed by atoms with Gasteiger partial charge in [-0.1, -0.05) is 59.6 Å². The lowest BCUT2D eigenvalue weighted by atomic mass is 10.1. The molecule has 0 saturated carbocycles. The zero-order valence-electron chi connectivity index (χ0n) is 10.3. The van der Waals surface area contributed by atoms with Crippen molar-refractivity contribution in [2.45, 2.75) is 13.0 Å². The van der Waals surface area contributed by atoms with Crippen LogP contribution in [0.25, 0.3) is 0 Å². The van der Waals surface area contributed by atoms with Crippen molar-refractivity contribution in [3.8, 4) is 0 Å². The van der Waals surface area contributed by atoms with Crippen molar-refractivity contribution in [3.63, 3.8) is 0 Å². The molecule has 4 heteroatoms. The van der Waals surface area contributed by atoms with E-state index in [1.54, 1.807) is 25.1 Å². The van der Waals surface area contributed by atoms with Gasteiger partial charge in [-0.2, -0.15) is 0 Å². The molecule has 0 amide bonds. The fraction of sp³-hybridized carbons (Fsp3) is 0.133. The Kier molecular flexibility index (Phi) is 4.46. The van der Waals surface area contributed by atoms with Crippen LogP contribution in [0.15, 0.2) is 48.5 Å². The van der Waals surface area contributed by atoms with Gasteiger partial charge in [0.15, 0.2) is 0 Å². The maximum atomic E-state index is 12.1. The van der Waals surface area contributed by atoms with Crippen LogP contribution in [-0.2, 0) is 4.74 Å². The molecule has 0 aromatic heterocycles. The van der Waals surface area contributed by atoms with Gasteiger partial charge in [0.05, 0.1) is 15.6 Å². The first kappa shape index (κ1) is 13.9. The highest BCUT2D eigenvalue weighted by atomic mass is 35.5. The molecule has 0 spiro atoms. The van der Waals surface area contributed by atoms with Gasteiger partial charge >= 0.3 is 5.97 Å². The summed E-state index contributed by atoms with van der Waals surface area (Å²) in [4.78, 5) is 12.1. The Bertz CT molecular complexity index is 562. The normalized spacial score (nSPS) is 11.9. The number of ether oxygens (including phenoxy) is 1. The third-order valence-electron chi connectivity index (χ3n) is 2.72. The van der Waals surface area contributed by atoms with E-state index in [0.717, 1.165) is 5.56 Å². The van der Waals surface area contributed by atoms with Crippen molar-refractivity contribution in [2.75, 3.05) is 0 Å². The van der Waals surface area contributed by atoms with Crippen LogP contribution in [0.5, 0.6) is 0 Å². The van der Waals surface area contributed by atoms with E-state index in [4.69, 9.17) is 27.9 Å². The van der Waals surface area contributed by atoms with Crippen molar-refractivity contribution >= 4 is 29.2 Å². The molecule has 19 heavy (non-hydrogen) atoms. The van der Waals surface area contributed by atoms with Gasteiger partial charge in [-0.15, -0.1) is 0 Å². The number of hydrogen-bond acceptors (Lipinski definition) is 2. The van der Waals surface area contributed by atoms with Crippen LogP contribution in [0.2, 0.25) is 10.0 Å². The smallest absolute Gasteiger partial charge is 0.341 e. The molecule has 98 valence electrons. The van der Waals surface area contributed by atoms with E-state index in [1.165, 1.54) is 0 Å². The maximum absolute atomic E-state index is 12.1. The number of benzene rings is 2. The van der Waals surface area contributed by atoms with Gasteiger partial charge in [-0.3, -0.25) is 0 Å². The first-order chi connectivity index (χ1) is 9.09. The zero-order valence-corrected chi connectivity index (χ0v) is 11.8. The number of rotatable bonds is 3. The van der Waals surface area contributed by atoms with Gasteiger partial charge < -0.3 is 4.74 Å². The van der Waals surface area contributed by atoms with E-state index in [1.807, 2.05) is 30.3 Å². The van der Waals surface area contributed by atoms with Crippen LogP contribution in [0.4, 0.5) is 0 Å². The van der Waals surface area contributed by atoms with E-state index in [-0.39, 0.29) is 21.7 Å². The fourth-order valence-electron chi connectivity index (χ4n) is 1.70. The van der Waals surface area contributed by atoms with Crippen molar-refractivity contribution in [1.29, 1.82) is 0 Å². The molecule has 0 aliphatic heterocycles. The zero-order chi connectivity index (χ0) is 13.8. The standard InChI is InChI=1S/C15H12Cl2O2/c1-10(11-6-3-2-4-7-11)19-15(18)14-12(16)8-5-9-13(14)17/h2-10H,1H3. The first-order valence-corrected chi connectivity index (χ1v) is 6.55. The lowest BCUT2D eigenvalue weighted by Crippen LogP contribution is -2.10. The first-order valence-electron chi connectivity index (χ1n) is 5.79. The summed E-state index contributed by atoms with van der Waals surface area (Å²) in [6.45, 7) is 1.80. The van der Waals surface area contributed by atoms with E-state index in [0.29, 0.717) is 0 Å². The molecule has 2 aromatic rings. The number of carbonyl (C=O) groups excluding carboxylic acids is 1. The molecule has 0 bridgehead atoms. The Labute approximate surface area is 121 Å². The van der Waals surface area contributed by atoms with E-state index in [2.05, 4.69) is 0 Å². The second kappa shape index (κ2) is 6.09. The van der Waals surface area contributed by atoms with Gasteiger partial charge in [0.2, 0.25) is 0 Å². The number of carbonyl (C=O) groups is 1. The highest BCUT2D eigenvalue weighted by Crippen LogP contribution is 2.27. The van der Waals surface area contributed by atoms with Gasteiger partial charge in [0.1, 0.15) is 6.10 Å². The maximum Gasteiger partial charge on any atom is 0.341 e. The average Bonchev–Trinajstić information content (AvgIpc) is 2.39. The van der Waals surface area contributed by atoms with E-state index in [9.17, 15) is 4.79 Å². The average molecular weight is 295 g/mol. The van der Waals surface area contributed by atoms with Crippen LogP contribution in [0.1, 0.15) is 28.9 Å². The van der Waals surface area contributed by atoms with Crippen LogP contribution in [-0.4, -0.2) is 5.97 Å². The van der Waals surface area contributed by atoms with Gasteiger partial charge in [-0.05, 0) is 24.6 Å². The minimum absolute atomic E-state index is 0.202. The third-order valence-corrected chi connectivity index (χ3v) is 3.35. The summed E-state index contributed by atoms with van der Waals surface area (Å²) in [6, 6.07) is 14.4. The van der Waals surface area contributed by atoms with Crippen molar-refractivity contribution in [2.24, 2.45) is 0 Å². The lowest BCUT2D eigenvalue weighted by molar-refractivity contribution is 0.0338. The fourth-order valence-corrected chi connectivity index (χ4v) is 2.26. The summed E-state index contributed by atoms with van der Waals surface area (Å²) < 4.78 is 5.38. The highest BCUT2D eigenvalue weighted by Gasteiger charge is 2.19. The third kappa shape index (κ3) is 3.28. The molecule has 0 aliphatic carbocycles. The van der Waals surface area contributed by atoms with Gasteiger partial charge in [0.25, 0.3) is 0 Å². The minimum atomic E-state index is -0.521. The molecular formula is C15H12Cl2O2. The molecule has 2 rings (SSSR count). The number of halogens is 2.